The summed E-state index contributed by atoms with van der Waals surface area (Å²) in [4.78, 5) is 28.7. The maximum absolute atomic E-state index is 13.4. The molecule has 2 amide bonds. The van der Waals surface area contributed by atoms with E-state index in [9.17, 15) is 14.0 Å². The number of carbonyl (C=O) groups is 2. The Labute approximate surface area is 146 Å². The molecular weight excluding hydrogens is 325 g/mol. The summed E-state index contributed by atoms with van der Waals surface area (Å²) in [7, 11) is 0. The molecule has 6 nitrogen and oxygen atoms in total. The fraction of sp³-hybridized carbons (Fsp3) is 0.556. The van der Waals surface area contributed by atoms with Crippen molar-refractivity contribution >= 4 is 17.5 Å². The van der Waals surface area contributed by atoms with Crippen LogP contribution in [0.1, 0.15) is 12.0 Å². The summed E-state index contributed by atoms with van der Waals surface area (Å²) in [5.41, 5.74) is 1.14. The molecule has 0 bridgehead atoms. The molecule has 1 aromatic carbocycles. The fourth-order valence-electron chi connectivity index (χ4n) is 3.26. The van der Waals surface area contributed by atoms with Gasteiger partial charge >= 0.3 is 0 Å². The van der Waals surface area contributed by atoms with Gasteiger partial charge in [0.2, 0.25) is 11.8 Å². The lowest BCUT2D eigenvalue weighted by Gasteiger charge is -2.26. The molecule has 0 radical (unpaired) electrons. The first kappa shape index (κ1) is 17.8. The quantitative estimate of drug-likeness (QED) is 0.804. The lowest BCUT2D eigenvalue weighted by Crippen LogP contribution is -2.43. The molecule has 2 aliphatic rings. The fourth-order valence-corrected chi connectivity index (χ4v) is 3.26. The average Bonchev–Trinajstić information content (AvgIpc) is 3.00. The van der Waals surface area contributed by atoms with Crippen LogP contribution in [0.4, 0.5) is 10.1 Å². The minimum absolute atomic E-state index is 0.213. The van der Waals surface area contributed by atoms with Crippen molar-refractivity contribution in [2.24, 2.45) is 5.92 Å². The molecule has 0 aliphatic carbocycles. The molecule has 0 aromatic heterocycles. The number of rotatable bonds is 5. The summed E-state index contributed by atoms with van der Waals surface area (Å²) in [6.45, 7) is 6.61. The van der Waals surface area contributed by atoms with Gasteiger partial charge in [-0.1, -0.05) is 0 Å². The van der Waals surface area contributed by atoms with Crippen LogP contribution in [0.15, 0.2) is 18.2 Å². The number of ether oxygens (including phenoxy) is 1. The third-order valence-electron chi connectivity index (χ3n) is 4.81. The van der Waals surface area contributed by atoms with Gasteiger partial charge in [0.15, 0.2) is 0 Å². The highest BCUT2D eigenvalue weighted by Gasteiger charge is 2.37. The summed E-state index contributed by atoms with van der Waals surface area (Å²) in [6, 6.07) is 4.58. The van der Waals surface area contributed by atoms with E-state index in [4.69, 9.17) is 4.74 Å². The van der Waals surface area contributed by atoms with Crippen molar-refractivity contribution in [3.05, 3.63) is 29.6 Å². The maximum Gasteiger partial charge on any atom is 0.239 e. The van der Waals surface area contributed by atoms with Gasteiger partial charge in [0.05, 0.1) is 13.2 Å². The summed E-state index contributed by atoms with van der Waals surface area (Å²) in [5.74, 6) is -1.39. The van der Waals surface area contributed by atoms with Crippen LogP contribution in [0.25, 0.3) is 0 Å². The smallest absolute Gasteiger partial charge is 0.239 e. The van der Waals surface area contributed by atoms with Gasteiger partial charge in [0, 0.05) is 38.4 Å². The van der Waals surface area contributed by atoms with Crippen molar-refractivity contribution < 1.29 is 18.7 Å². The van der Waals surface area contributed by atoms with E-state index in [0.717, 1.165) is 32.8 Å². The Balaban J connectivity index is 1.52. The first-order valence-electron chi connectivity index (χ1n) is 8.71. The van der Waals surface area contributed by atoms with Crippen molar-refractivity contribution in [3.63, 3.8) is 0 Å². The van der Waals surface area contributed by atoms with E-state index in [2.05, 4.69) is 10.2 Å². The number of nitrogens with zero attached hydrogens (tertiary/aromatic N) is 2. The second-order valence-electron chi connectivity index (χ2n) is 6.51. The predicted molar refractivity (Wildman–Crippen MR) is 91.9 cm³/mol. The standard InChI is InChI=1S/C18H24FN3O3/c1-13-12-14(2-3-16(13)19)22-6-4-15(18(22)24)17(23)20-5-7-21-8-10-25-11-9-21/h2-3,12,15H,4-11H2,1H3,(H,20,23). The number of anilines is 1. The van der Waals surface area contributed by atoms with Crippen molar-refractivity contribution in [3.8, 4) is 0 Å². The van der Waals surface area contributed by atoms with Crippen molar-refractivity contribution in [1.29, 1.82) is 0 Å². The SMILES string of the molecule is Cc1cc(N2CCC(C(=O)NCCN3CCOCC3)C2=O)ccc1F. The molecule has 1 atom stereocenters. The number of hydrogen-bond acceptors (Lipinski definition) is 4. The number of nitrogens with one attached hydrogen (secondary N) is 1. The van der Waals surface area contributed by atoms with E-state index >= 15 is 0 Å². The molecule has 0 spiro atoms. The molecule has 1 N–H and O–H groups in total. The van der Waals surface area contributed by atoms with Crippen LogP contribution in [0.2, 0.25) is 0 Å². The second kappa shape index (κ2) is 7.93. The molecule has 136 valence electrons. The van der Waals surface area contributed by atoms with Gasteiger partial charge in [0.25, 0.3) is 0 Å². The highest BCUT2D eigenvalue weighted by atomic mass is 19.1. The highest BCUT2D eigenvalue weighted by molar-refractivity contribution is 6.09. The minimum atomic E-state index is -0.657. The Kier molecular flexibility index (Phi) is 5.65. The van der Waals surface area contributed by atoms with Gasteiger partial charge in [-0.05, 0) is 37.1 Å². The molecule has 0 saturated carbocycles. The van der Waals surface area contributed by atoms with Crippen molar-refractivity contribution in [2.75, 3.05) is 50.8 Å². The molecule has 3 rings (SSSR count). The number of carbonyl (C=O) groups excluding carboxylic acids is 2. The molecule has 2 heterocycles. The zero-order chi connectivity index (χ0) is 17.8. The van der Waals surface area contributed by atoms with E-state index in [1.54, 1.807) is 24.0 Å². The molecule has 7 heteroatoms. The van der Waals surface area contributed by atoms with Crippen LogP contribution in [0.5, 0.6) is 0 Å². The van der Waals surface area contributed by atoms with Crippen LogP contribution in [-0.2, 0) is 14.3 Å². The number of benzene rings is 1. The Hall–Kier alpha value is -1.99. The summed E-state index contributed by atoms with van der Waals surface area (Å²) in [6.07, 6.45) is 0.485. The molecule has 25 heavy (non-hydrogen) atoms. The van der Waals surface area contributed by atoms with E-state index in [1.165, 1.54) is 6.07 Å². The topological polar surface area (TPSA) is 61.9 Å². The normalized spacial score (nSPS) is 21.6. The first-order valence-corrected chi connectivity index (χ1v) is 8.71. The zero-order valence-corrected chi connectivity index (χ0v) is 14.5. The summed E-state index contributed by atoms with van der Waals surface area (Å²) < 4.78 is 18.7. The first-order chi connectivity index (χ1) is 12.1. The average molecular weight is 349 g/mol. The third kappa shape index (κ3) is 4.16. The molecular formula is C18H24FN3O3. The van der Waals surface area contributed by atoms with Crippen LogP contribution < -0.4 is 10.2 Å². The maximum atomic E-state index is 13.4. The third-order valence-corrected chi connectivity index (χ3v) is 4.81. The lowest BCUT2D eigenvalue weighted by molar-refractivity contribution is -0.132. The van der Waals surface area contributed by atoms with Gasteiger partial charge < -0.3 is 15.0 Å². The number of aryl methyl sites for hydroxylation is 1. The Bertz CT molecular complexity index is 646. The molecule has 1 unspecified atom stereocenters. The van der Waals surface area contributed by atoms with E-state index in [1.807, 2.05) is 0 Å². The van der Waals surface area contributed by atoms with Crippen LogP contribution in [0.3, 0.4) is 0 Å². The van der Waals surface area contributed by atoms with Gasteiger partial charge in [0.1, 0.15) is 11.7 Å². The molecule has 2 saturated heterocycles. The van der Waals surface area contributed by atoms with Gasteiger partial charge in [-0.15, -0.1) is 0 Å². The summed E-state index contributed by atoms with van der Waals surface area (Å²) >= 11 is 0. The monoisotopic (exact) mass is 349 g/mol. The molecule has 2 aliphatic heterocycles. The van der Waals surface area contributed by atoms with Crippen molar-refractivity contribution in [2.45, 2.75) is 13.3 Å². The van der Waals surface area contributed by atoms with Crippen molar-refractivity contribution in [1.82, 2.24) is 10.2 Å². The van der Waals surface area contributed by atoms with Crippen LogP contribution in [0, 0.1) is 18.7 Å². The Morgan fingerprint density at radius 1 is 1.32 bits per heavy atom. The molecule has 1 aromatic rings. The van der Waals surface area contributed by atoms with Gasteiger partial charge in [-0.25, -0.2) is 4.39 Å². The number of halogens is 1. The van der Waals surface area contributed by atoms with E-state index in [0.29, 0.717) is 30.8 Å². The second-order valence-corrected chi connectivity index (χ2v) is 6.51. The number of amides is 2. The van der Waals surface area contributed by atoms with Gasteiger partial charge in [-0.2, -0.15) is 0 Å². The minimum Gasteiger partial charge on any atom is -0.379 e. The number of hydrogen-bond donors (Lipinski definition) is 1. The van der Waals surface area contributed by atoms with Crippen LogP contribution in [-0.4, -0.2) is 62.7 Å². The largest absolute Gasteiger partial charge is 0.379 e. The zero-order valence-electron chi connectivity index (χ0n) is 14.5. The lowest BCUT2D eigenvalue weighted by atomic mass is 10.1. The Morgan fingerprint density at radius 2 is 2.08 bits per heavy atom. The Morgan fingerprint density at radius 3 is 2.80 bits per heavy atom. The van der Waals surface area contributed by atoms with Crippen LogP contribution >= 0.6 is 0 Å². The van der Waals surface area contributed by atoms with Gasteiger partial charge in [-0.3, -0.25) is 14.5 Å². The molecule has 2 fully saturated rings. The van der Waals surface area contributed by atoms with E-state index < -0.39 is 5.92 Å². The highest BCUT2D eigenvalue weighted by Crippen LogP contribution is 2.26. The summed E-state index contributed by atoms with van der Waals surface area (Å²) in [5, 5.41) is 2.87. The van der Waals surface area contributed by atoms with E-state index in [-0.39, 0.29) is 17.6 Å². The number of morpholine rings is 1. The predicted octanol–water partition coefficient (Wildman–Crippen LogP) is 0.935.